The van der Waals surface area contributed by atoms with E-state index in [1.807, 2.05) is 6.07 Å². The Hall–Kier alpha value is -1.35. The van der Waals surface area contributed by atoms with Crippen LogP contribution in [0.15, 0.2) is 24.3 Å². The van der Waals surface area contributed by atoms with Crippen molar-refractivity contribution in [1.29, 1.82) is 0 Å². The molecule has 1 fully saturated rings. The number of benzene rings is 1. The fraction of sp³-hybridized carbons (Fsp3) is 0.562. The summed E-state index contributed by atoms with van der Waals surface area (Å²) >= 11 is 0. The van der Waals surface area contributed by atoms with E-state index in [0.717, 1.165) is 19.3 Å². The highest BCUT2D eigenvalue weighted by atomic mass is 16.1. The predicted molar refractivity (Wildman–Crippen MR) is 75.8 cm³/mol. The number of rotatable bonds is 4. The molecule has 1 saturated carbocycles. The minimum Gasteiger partial charge on any atom is -0.354 e. The quantitative estimate of drug-likeness (QED) is 0.867. The van der Waals surface area contributed by atoms with Crippen LogP contribution >= 0.6 is 0 Å². The Morgan fingerprint density at radius 2 is 2.11 bits per heavy atom. The van der Waals surface area contributed by atoms with Gasteiger partial charge in [0, 0.05) is 12.6 Å². The van der Waals surface area contributed by atoms with Crippen LogP contribution in [0, 0.1) is 5.92 Å². The highest BCUT2D eigenvalue weighted by Crippen LogP contribution is 2.33. The van der Waals surface area contributed by atoms with Crippen LogP contribution in [-0.2, 0) is 11.2 Å². The standard InChI is InChI=1S/C16H22N2O/c17-15(12-8-9-12)10-18-16(19)14-7-3-5-11-4-1-2-6-13(11)14/h1-2,4,6,12,14-15H,3,5,7-10,17H2,(H,18,19). The zero-order chi connectivity index (χ0) is 13.2. The molecule has 0 heterocycles. The normalized spacial score (nSPS) is 23.5. The number of aryl methyl sites for hydroxylation is 1. The van der Waals surface area contributed by atoms with Crippen LogP contribution in [0.5, 0.6) is 0 Å². The molecule has 0 aliphatic heterocycles. The SMILES string of the molecule is NC(CNC(=O)C1CCCc2ccccc21)C1CC1. The van der Waals surface area contributed by atoms with Gasteiger partial charge in [0.25, 0.3) is 0 Å². The Morgan fingerprint density at radius 1 is 1.32 bits per heavy atom. The molecule has 1 aromatic rings. The first-order chi connectivity index (χ1) is 9.25. The van der Waals surface area contributed by atoms with Crippen molar-refractivity contribution >= 4 is 5.91 Å². The monoisotopic (exact) mass is 258 g/mol. The van der Waals surface area contributed by atoms with E-state index in [9.17, 15) is 4.79 Å². The van der Waals surface area contributed by atoms with Crippen LogP contribution in [0.4, 0.5) is 0 Å². The molecule has 2 atom stereocenters. The molecule has 19 heavy (non-hydrogen) atoms. The predicted octanol–water partition coefficient (Wildman–Crippen LogP) is 1.96. The van der Waals surface area contributed by atoms with E-state index in [1.54, 1.807) is 0 Å². The lowest BCUT2D eigenvalue weighted by Gasteiger charge is -2.25. The number of carbonyl (C=O) groups is 1. The Kier molecular flexibility index (Phi) is 3.56. The molecular formula is C16H22N2O. The smallest absolute Gasteiger partial charge is 0.227 e. The molecule has 3 N–H and O–H groups in total. The molecule has 0 spiro atoms. The number of nitrogens with two attached hydrogens (primary N) is 1. The minimum absolute atomic E-state index is 0.0244. The summed E-state index contributed by atoms with van der Waals surface area (Å²) in [7, 11) is 0. The molecule has 2 aliphatic carbocycles. The Bertz CT molecular complexity index is 468. The van der Waals surface area contributed by atoms with Gasteiger partial charge in [-0.25, -0.2) is 0 Å². The van der Waals surface area contributed by atoms with Gasteiger partial charge in [0.05, 0.1) is 5.92 Å². The van der Waals surface area contributed by atoms with E-state index in [1.165, 1.54) is 24.0 Å². The summed E-state index contributed by atoms with van der Waals surface area (Å²) < 4.78 is 0. The third-order valence-electron chi connectivity index (χ3n) is 4.43. The zero-order valence-corrected chi connectivity index (χ0v) is 11.3. The lowest BCUT2D eigenvalue weighted by atomic mass is 9.82. The molecular weight excluding hydrogens is 236 g/mol. The van der Waals surface area contributed by atoms with Gasteiger partial charge in [0.1, 0.15) is 0 Å². The van der Waals surface area contributed by atoms with Crippen molar-refractivity contribution in [3.63, 3.8) is 0 Å². The van der Waals surface area contributed by atoms with Gasteiger partial charge in [0.15, 0.2) is 0 Å². The number of hydrogen-bond acceptors (Lipinski definition) is 2. The third kappa shape index (κ3) is 2.81. The first kappa shape index (κ1) is 12.7. The van der Waals surface area contributed by atoms with Gasteiger partial charge in [-0.2, -0.15) is 0 Å². The van der Waals surface area contributed by atoms with Crippen LogP contribution in [0.2, 0.25) is 0 Å². The first-order valence-electron chi connectivity index (χ1n) is 7.37. The Morgan fingerprint density at radius 3 is 2.89 bits per heavy atom. The topological polar surface area (TPSA) is 55.1 Å². The second kappa shape index (κ2) is 5.33. The van der Waals surface area contributed by atoms with Crippen LogP contribution in [-0.4, -0.2) is 18.5 Å². The highest BCUT2D eigenvalue weighted by molar-refractivity contribution is 5.84. The first-order valence-corrected chi connectivity index (χ1v) is 7.37. The van der Waals surface area contributed by atoms with Gasteiger partial charge < -0.3 is 11.1 Å². The molecule has 1 amide bonds. The zero-order valence-electron chi connectivity index (χ0n) is 11.3. The van der Waals surface area contributed by atoms with Crippen LogP contribution < -0.4 is 11.1 Å². The van der Waals surface area contributed by atoms with Gasteiger partial charge in [-0.15, -0.1) is 0 Å². The summed E-state index contributed by atoms with van der Waals surface area (Å²) in [4.78, 5) is 12.3. The van der Waals surface area contributed by atoms with Gasteiger partial charge in [0.2, 0.25) is 5.91 Å². The maximum atomic E-state index is 12.3. The van der Waals surface area contributed by atoms with Crippen molar-refractivity contribution in [2.24, 2.45) is 11.7 Å². The Labute approximate surface area is 114 Å². The van der Waals surface area contributed by atoms with Gasteiger partial charge >= 0.3 is 0 Å². The lowest BCUT2D eigenvalue weighted by molar-refractivity contribution is -0.122. The summed E-state index contributed by atoms with van der Waals surface area (Å²) in [5.74, 6) is 0.818. The molecule has 1 aromatic carbocycles. The van der Waals surface area contributed by atoms with E-state index in [0.29, 0.717) is 12.5 Å². The van der Waals surface area contributed by atoms with Crippen LogP contribution in [0.1, 0.15) is 42.7 Å². The molecule has 0 radical (unpaired) electrons. The van der Waals surface area contributed by atoms with Crippen molar-refractivity contribution in [3.05, 3.63) is 35.4 Å². The van der Waals surface area contributed by atoms with Crippen molar-refractivity contribution in [1.82, 2.24) is 5.32 Å². The molecule has 3 nitrogen and oxygen atoms in total. The molecule has 0 saturated heterocycles. The maximum absolute atomic E-state index is 12.3. The van der Waals surface area contributed by atoms with E-state index >= 15 is 0 Å². The molecule has 2 aliphatic rings. The average Bonchev–Trinajstić information content (AvgIpc) is 3.28. The molecule has 0 bridgehead atoms. The highest BCUT2D eigenvalue weighted by Gasteiger charge is 2.30. The number of carbonyl (C=O) groups excluding carboxylic acids is 1. The van der Waals surface area contributed by atoms with Crippen LogP contribution in [0.3, 0.4) is 0 Å². The van der Waals surface area contributed by atoms with Crippen LogP contribution in [0.25, 0.3) is 0 Å². The Balaban J connectivity index is 1.63. The summed E-state index contributed by atoms with van der Waals surface area (Å²) in [6.07, 6.45) is 5.61. The largest absolute Gasteiger partial charge is 0.354 e. The minimum atomic E-state index is 0.0244. The number of fused-ring (bicyclic) bond motifs is 1. The second-order valence-corrected chi connectivity index (χ2v) is 5.89. The van der Waals surface area contributed by atoms with Gasteiger partial charge in [-0.3, -0.25) is 4.79 Å². The van der Waals surface area contributed by atoms with E-state index < -0.39 is 0 Å². The van der Waals surface area contributed by atoms with Crippen molar-refractivity contribution < 1.29 is 4.79 Å². The van der Waals surface area contributed by atoms with Gasteiger partial charge in [-0.1, -0.05) is 24.3 Å². The molecule has 102 valence electrons. The van der Waals surface area contributed by atoms with E-state index in [2.05, 4.69) is 23.5 Å². The molecule has 3 heteroatoms. The van der Waals surface area contributed by atoms with E-state index in [4.69, 9.17) is 5.73 Å². The number of amides is 1. The van der Waals surface area contributed by atoms with Crippen molar-refractivity contribution in [2.45, 2.75) is 44.1 Å². The van der Waals surface area contributed by atoms with Crippen molar-refractivity contribution in [2.75, 3.05) is 6.54 Å². The fourth-order valence-electron chi connectivity index (χ4n) is 3.06. The average molecular weight is 258 g/mol. The summed E-state index contributed by atoms with van der Waals surface area (Å²) in [5, 5.41) is 3.05. The third-order valence-corrected chi connectivity index (χ3v) is 4.43. The summed E-state index contributed by atoms with van der Waals surface area (Å²) in [5.41, 5.74) is 8.58. The fourth-order valence-corrected chi connectivity index (χ4v) is 3.06. The summed E-state index contributed by atoms with van der Waals surface area (Å²) in [6.45, 7) is 0.627. The lowest BCUT2D eigenvalue weighted by Crippen LogP contribution is -2.41. The van der Waals surface area contributed by atoms with Gasteiger partial charge in [-0.05, 0) is 49.1 Å². The molecule has 3 rings (SSSR count). The van der Waals surface area contributed by atoms with E-state index in [-0.39, 0.29) is 17.9 Å². The number of hydrogen-bond donors (Lipinski definition) is 2. The molecule has 2 unspecified atom stereocenters. The number of nitrogens with one attached hydrogen (secondary N) is 1. The summed E-state index contributed by atoms with van der Waals surface area (Å²) in [6, 6.07) is 8.47. The second-order valence-electron chi connectivity index (χ2n) is 5.89. The van der Waals surface area contributed by atoms with Crippen molar-refractivity contribution in [3.8, 4) is 0 Å². The maximum Gasteiger partial charge on any atom is 0.227 e. The molecule has 0 aromatic heterocycles.